The molecule has 3 rings (SSSR count). The van der Waals surface area contributed by atoms with Gasteiger partial charge in [0.2, 0.25) is 17.4 Å². The second kappa shape index (κ2) is 7.19. The minimum absolute atomic E-state index is 0.106. The maximum absolute atomic E-state index is 12.8. The van der Waals surface area contributed by atoms with Crippen LogP contribution in [0.3, 0.4) is 0 Å². The fraction of sp³-hybridized carbons (Fsp3) is 0.118. The highest BCUT2D eigenvalue weighted by molar-refractivity contribution is 7.86. The first-order valence-corrected chi connectivity index (χ1v) is 9.24. The molecule has 1 atom stereocenters. The SMILES string of the molecule is [2H]C([2H])(c1ccccc1)S(=O)(=O)OC1=C(N)O[C@@]([2H])(c2cc(Cl)cc(Cl)c2)C1=O. The smallest absolute Gasteiger partial charge is 0.313 e. The van der Waals surface area contributed by atoms with Crippen molar-refractivity contribution in [2.75, 3.05) is 0 Å². The number of hydrogen-bond donors (Lipinski definition) is 1. The lowest BCUT2D eigenvalue weighted by molar-refractivity contribution is -0.123. The standard InChI is InChI=1S/C17H13Cl2NO5S/c18-12-6-11(7-13(19)8-12)15-14(21)16(17(20)24-15)25-26(22,23)9-10-4-2-1-3-5-10/h1-8,15H,9,20H2/t15-/m0/s1/i9D2,15D. The summed E-state index contributed by atoms with van der Waals surface area (Å²) in [5.74, 6) is -3.04. The molecule has 26 heavy (non-hydrogen) atoms. The maximum Gasteiger partial charge on any atom is 0.313 e. The highest BCUT2D eigenvalue weighted by Crippen LogP contribution is 2.35. The summed E-state index contributed by atoms with van der Waals surface area (Å²) < 4.78 is 59.1. The summed E-state index contributed by atoms with van der Waals surface area (Å²) >= 11 is 11.8. The molecule has 9 heteroatoms. The summed E-state index contributed by atoms with van der Waals surface area (Å²) in [4.78, 5) is 12.8. The lowest BCUT2D eigenvalue weighted by Gasteiger charge is -2.11. The average Bonchev–Trinajstić information content (AvgIpc) is 2.85. The number of hydrogen-bond acceptors (Lipinski definition) is 6. The van der Waals surface area contributed by atoms with Crippen LogP contribution in [0.4, 0.5) is 0 Å². The average molecular weight is 417 g/mol. The largest absolute Gasteiger partial charge is 0.460 e. The van der Waals surface area contributed by atoms with Gasteiger partial charge in [-0.05, 0) is 23.8 Å². The molecule has 0 saturated carbocycles. The molecule has 2 N–H and O–H groups in total. The van der Waals surface area contributed by atoms with Crippen molar-refractivity contribution in [1.29, 1.82) is 0 Å². The maximum atomic E-state index is 12.8. The van der Waals surface area contributed by atoms with Gasteiger partial charge < -0.3 is 14.7 Å². The van der Waals surface area contributed by atoms with Gasteiger partial charge in [-0.3, -0.25) is 4.79 Å². The summed E-state index contributed by atoms with van der Waals surface area (Å²) in [7, 11) is -5.05. The first kappa shape index (κ1) is 14.9. The number of carbonyl (C=O) groups excluding carboxylic acids is 1. The zero-order valence-corrected chi connectivity index (χ0v) is 15.2. The van der Waals surface area contributed by atoms with E-state index in [1.54, 1.807) is 6.07 Å². The molecule has 1 aliphatic heterocycles. The number of Topliss-reactive ketones (excluding diaryl/α,β-unsaturated/α-hetero) is 1. The zero-order chi connectivity index (χ0) is 21.6. The Morgan fingerprint density at radius 3 is 2.42 bits per heavy atom. The van der Waals surface area contributed by atoms with Gasteiger partial charge in [0.15, 0.2) is 6.08 Å². The van der Waals surface area contributed by atoms with E-state index < -0.39 is 39.3 Å². The van der Waals surface area contributed by atoms with Crippen molar-refractivity contribution in [3.05, 3.63) is 81.3 Å². The van der Waals surface area contributed by atoms with E-state index in [4.69, 9.17) is 42.0 Å². The van der Waals surface area contributed by atoms with Crippen molar-refractivity contribution >= 4 is 39.1 Å². The quantitative estimate of drug-likeness (QED) is 0.750. The van der Waals surface area contributed by atoms with Crippen LogP contribution in [0.2, 0.25) is 10.0 Å². The van der Waals surface area contributed by atoms with Gasteiger partial charge in [0.05, 0.1) is 4.11 Å². The molecule has 0 radical (unpaired) electrons. The summed E-state index contributed by atoms with van der Waals surface area (Å²) in [5, 5.41) is 0.216. The molecule has 1 heterocycles. The molecule has 0 aliphatic carbocycles. The molecule has 0 spiro atoms. The topological polar surface area (TPSA) is 95.7 Å². The van der Waals surface area contributed by atoms with E-state index in [0.717, 1.165) is 0 Å². The molecule has 1 aliphatic rings. The predicted molar refractivity (Wildman–Crippen MR) is 96.7 cm³/mol. The van der Waals surface area contributed by atoms with Crippen LogP contribution in [0.25, 0.3) is 0 Å². The highest BCUT2D eigenvalue weighted by atomic mass is 35.5. The van der Waals surface area contributed by atoms with E-state index in [1.165, 1.54) is 42.5 Å². The monoisotopic (exact) mass is 416 g/mol. The van der Waals surface area contributed by atoms with Gasteiger partial charge in [-0.1, -0.05) is 53.5 Å². The lowest BCUT2D eigenvalue weighted by atomic mass is 10.1. The Labute approximate surface area is 164 Å². The van der Waals surface area contributed by atoms with E-state index in [2.05, 4.69) is 0 Å². The fourth-order valence-corrected chi connectivity index (χ4v) is 3.52. The Kier molecular flexibility index (Phi) is 4.12. The van der Waals surface area contributed by atoms with Crippen molar-refractivity contribution in [1.82, 2.24) is 0 Å². The van der Waals surface area contributed by atoms with Crippen molar-refractivity contribution < 1.29 is 26.2 Å². The first-order valence-electron chi connectivity index (χ1n) is 8.58. The van der Waals surface area contributed by atoms with Gasteiger partial charge >= 0.3 is 10.1 Å². The Bertz CT molecular complexity index is 1100. The van der Waals surface area contributed by atoms with Gasteiger partial charge in [-0.2, -0.15) is 8.42 Å². The van der Waals surface area contributed by atoms with Crippen molar-refractivity contribution in [3.63, 3.8) is 0 Å². The third kappa shape index (κ3) is 4.12. The van der Waals surface area contributed by atoms with Crippen molar-refractivity contribution in [3.8, 4) is 0 Å². The zero-order valence-electron chi connectivity index (χ0n) is 15.9. The van der Waals surface area contributed by atoms with Crippen LogP contribution in [-0.4, -0.2) is 14.2 Å². The van der Waals surface area contributed by atoms with Crippen LogP contribution in [0.5, 0.6) is 0 Å². The van der Waals surface area contributed by atoms with E-state index >= 15 is 0 Å². The minimum Gasteiger partial charge on any atom is -0.460 e. The molecule has 0 fully saturated rings. The van der Waals surface area contributed by atoms with E-state index in [0.29, 0.717) is 0 Å². The second-order valence-corrected chi connectivity index (χ2v) is 7.27. The van der Waals surface area contributed by atoms with Crippen LogP contribution < -0.4 is 5.73 Å². The van der Waals surface area contributed by atoms with Gasteiger partial charge in [0, 0.05) is 15.6 Å². The number of halogens is 2. The number of nitrogens with two attached hydrogens (primary N) is 1. The third-order valence-electron chi connectivity index (χ3n) is 3.18. The van der Waals surface area contributed by atoms with Crippen LogP contribution in [-0.2, 0) is 29.5 Å². The van der Waals surface area contributed by atoms with Crippen LogP contribution in [0, 0.1) is 0 Å². The summed E-state index contributed by atoms with van der Waals surface area (Å²) in [6, 6.07) is 10.8. The Morgan fingerprint density at radius 1 is 1.19 bits per heavy atom. The van der Waals surface area contributed by atoms with E-state index in [1.807, 2.05) is 0 Å². The second-order valence-electron chi connectivity index (χ2n) is 5.12. The molecule has 0 aromatic heterocycles. The third-order valence-corrected chi connectivity index (χ3v) is 4.49. The number of rotatable bonds is 5. The van der Waals surface area contributed by atoms with Gasteiger partial charge in [-0.25, -0.2) is 0 Å². The summed E-state index contributed by atoms with van der Waals surface area (Å²) in [6.45, 7) is 0. The minimum atomic E-state index is -5.05. The fourth-order valence-electron chi connectivity index (χ4n) is 2.15. The van der Waals surface area contributed by atoms with Crippen LogP contribution in [0.15, 0.2) is 60.2 Å². The molecular formula is C17H13Cl2NO5S. The predicted octanol–water partition coefficient (Wildman–Crippen LogP) is 3.31. The number of benzene rings is 2. The number of ketones is 1. The van der Waals surface area contributed by atoms with E-state index in [-0.39, 0.29) is 21.2 Å². The van der Waals surface area contributed by atoms with Gasteiger partial charge in [0.1, 0.15) is 5.70 Å². The molecule has 0 unspecified atom stereocenters. The Balaban J connectivity index is 1.96. The number of ether oxygens (including phenoxy) is 1. The van der Waals surface area contributed by atoms with Gasteiger partial charge in [0.25, 0.3) is 0 Å². The Morgan fingerprint density at radius 2 is 1.81 bits per heavy atom. The molecule has 2 aromatic carbocycles. The van der Waals surface area contributed by atoms with Crippen LogP contribution in [0.1, 0.15) is 21.3 Å². The first-order chi connectivity index (χ1) is 13.4. The Hall–Kier alpha value is -2.22. The molecule has 6 nitrogen and oxygen atoms in total. The normalized spacial score (nSPS) is 22.4. The van der Waals surface area contributed by atoms with Crippen LogP contribution >= 0.6 is 23.2 Å². The highest BCUT2D eigenvalue weighted by Gasteiger charge is 2.39. The van der Waals surface area contributed by atoms with Crippen molar-refractivity contribution in [2.45, 2.75) is 11.8 Å². The molecule has 136 valence electrons. The molecule has 0 saturated heterocycles. The molecule has 0 amide bonds. The van der Waals surface area contributed by atoms with Crippen molar-refractivity contribution in [2.24, 2.45) is 5.73 Å². The summed E-state index contributed by atoms with van der Waals surface area (Å²) in [6.07, 6.45) is -2.50. The number of carbonyl (C=O) groups is 1. The molecular weight excluding hydrogens is 401 g/mol. The van der Waals surface area contributed by atoms with Gasteiger partial charge in [-0.15, -0.1) is 0 Å². The molecule has 2 aromatic rings. The lowest BCUT2D eigenvalue weighted by Crippen LogP contribution is -2.16. The molecule has 0 bridgehead atoms. The van der Waals surface area contributed by atoms with E-state index in [9.17, 15) is 13.2 Å². The summed E-state index contributed by atoms with van der Waals surface area (Å²) in [5.41, 5.74) is 2.26.